The average Bonchev–Trinajstić information content (AvgIpc) is 2.39. The number of piperidine rings is 1. The maximum Gasteiger partial charge on any atom is 0.253 e. The summed E-state index contributed by atoms with van der Waals surface area (Å²) in [6.07, 6.45) is 2.53. The third-order valence-electron chi connectivity index (χ3n) is 3.48. The second kappa shape index (κ2) is 7.94. The van der Waals surface area contributed by atoms with Crippen molar-refractivity contribution in [1.82, 2.24) is 10.6 Å². The van der Waals surface area contributed by atoms with Gasteiger partial charge in [0.15, 0.2) is 0 Å². The predicted molar refractivity (Wildman–Crippen MR) is 90.1 cm³/mol. The van der Waals surface area contributed by atoms with Crippen LogP contribution in [0.1, 0.15) is 30.1 Å². The number of halogens is 2. The Hall–Kier alpha value is -1.38. The highest BCUT2D eigenvalue weighted by molar-refractivity contribution is 7.92. The van der Waals surface area contributed by atoms with E-state index in [-0.39, 0.29) is 29.7 Å². The first-order valence-electron chi connectivity index (χ1n) is 7.06. The SMILES string of the molecule is CC1CC(NC(=O)c2cc(F)ccc2NS(C)(=O)=O)CCN1.Cl. The van der Waals surface area contributed by atoms with Gasteiger partial charge >= 0.3 is 0 Å². The van der Waals surface area contributed by atoms with Crippen LogP contribution >= 0.6 is 12.4 Å². The van der Waals surface area contributed by atoms with Gasteiger partial charge in [-0.3, -0.25) is 9.52 Å². The van der Waals surface area contributed by atoms with Crippen molar-refractivity contribution in [2.45, 2.75) is 31.8 Å². The summed E-state index contributed by atoms with van der Waals surface area (Å²) in [6, 6.07) is 3.67. The lowest BCUT2D eigenvalue weighted by molar-refractivity contribution is 0.0926. The summed E-state index contributed by atoms with van der Waals surface area (Å²) in [6.45, 7) is 2.82. The minimum absolute atomic E-state index is 0. The molecule has 1 aromatic rings. The third-order valence-corrected chi connectivity index (χ3v) is 4.07. The van der Waals surface area contributed by atoms with E-state index in [0.717, 1.165) is 37.8 Å². The maximum absolute atomic E-state index is 13.4. The van der Waals surface area contributed by atoms with E-state index in [2.05, 4.69) is 15.4 Å². The van der Waals surface area contributed by atoms with E-state index >= 15 is 0 Å². The highest BCUT2D eigenvalue weighted by Crippen LogP contribution is 2.19. The van der Waals surface area contributed by atoms with Gasteiger partial charge in [-0.2, -0.15) is 0 Å². The van der Waals surface area contributed by atoms with Gasteiger partial charge in [-0.1, -0.05) is 0 Å². The highest BCUT2D eigenvalue weighted by atomic mass is 35.5. The van der Waals surface area contributed by atoms with Crippen molar-refractivity contribution in [2.75, 3.05) is 17.5 Å². The fourth-order valence-electron chi connectivity index (χ4n) is 2.52. The minimum atomic E-state index is -3.55. The van der Waals surface area contributed by atoms with Gasteiger partial charge in [0, 0.05) is 12.1 Å². The van der Waals surface area contributed by atoms with Crippen LogP contribution < -0.4 is 15.4 Å². The lowest BCUT2D eigenvalue weighted by atomic mass is 10.00. The van der Waals surface area contributed by atoms with Crippen LogP contribution in [0.5, 0.6) is 0 Å². The van der Waals surface area contributed by atoms with Gasteiger partial charge in [0.05, 0.1) is 17.5 Å². The molecule has 3 N–H and O–H groups in total. The van der Waals surface area contributed by atoms with Gasteiger partial charge in [0.25, 0.3) is 5.91 Å². The number of carbonyl (C=O) groups excluding carboxylic acids is 1. The molecule has 1 amide bonds. The van der Waals surface area contributed by atoms with Crippen LogP contribution in [0.15, 0.2) is 18.2 Å². The molecule has 1 saturated heterocycles. The Morgan fingerprint density at radius 2 is 2.09 bits per heavy atom. The van der Waals surface area contributed by atoms with Crippen LogP contribution in [0.2, 0.25) is 0 Å². The van der Waals surface area contributed by atoms with Gasteiger partial charge in [0.1, 0.15) is 5.82 Å². The summed E-state index contributed by atoms with van der Waals surface area (Å²) in [5.41, 5.74) is 0.0555. The maximum atomic E-state index is 13.4. The Morgan fingerprint density at radius 1 is 1.39 bits per heavy atom. The summed E-state index contributed by atoms with van der Waals surface area (Å²) >= 11 is 0. The van der Waals surface area contributed by atoms with Crippen LogP contribution in [0.25, 0.3) is 0 Å². The molecule has 23 heavy (non-hydrogen) atoms. The van der Waals surface area contributed by atoms with E-state index in [1.54, 1.807) is 0 Å². The van der Waals surface area contributed by atoms with Gasteiger partial charge in [0.2, 0.25) is 10.0 Å². The molecule has 6 nitrogen and oxygen atoms in total. The van der Waals surface area contributed by atoms with E-state index in [0.29, 0.717) is 6.04 Å². The summed E-state index contributed by atoms with van der Waals surface area (Å²) in [4.78, 5) is 12.3. The zero-order chi connectivity index (χ0) is 16.3. The second-order valence-electron chi connectivity index (χ2n) is 5.61. The first-order chi connectivity index (χ1) is 10.2. The van der Waals surface area contributed by atoms with Crippen molar-refractivity contribution < 1.29 is 17.6 Å². The Labute approximate surface area is 141 Å². The highest BCUT2D eigenvalue weighted by Gasteiger charge is 2.22. The van der Waals surface area contributed by atoms with Gasteiger partial charge in [-0.25, -0.2) is 12.8 Å². The lowest BCUT2D eigenvalue weighted by Gasteiger charge is -2.28. The van der Waals surface area contributed by atoms with E-state index in [1.807, 2.05) is 6.92 Å². The molecule has 1 aliphatic rings. The van der Waals surface area contributed by atoms with Gasteiger partial charge in [-0.05, 0) is 44.5 Å². The number of carbonyl (C=O) groups is 1. The minimum Gasteiger partial charge on any atom is -0.349 e. The molecule has 1 aliphatic heterocycles. The van der Waals surface area contributed by atoms with Crippen molar-refractivity contribution in [3.63, 3.8) is 0 Å². The zero-order valence-corrected chi connectivity index (χ0v) is 14.6. The number of hydrogen-bond donors (Lipinski definition) is 3. The quantitative estimate of drug-likeness (QED) is 0.754. The second-order valence-corrected chi connectivity index (χ2v) is 7.36. The van der Waals surface area contributed by atoms with Crippen molar-refractivity contribution in [1.29, 1.82) is 0 Å². The van der Waals surface area contributed by atoms with E-state index < -0.39 is 21.7 Å². The Morgan fingerprint density at radius 3 is 2.70 bits per heavy atom. The van der Waals surface area contributed by atoms with E-state index in [9.17, 15) is 17.6 Å². The lowest BCUT2D eigenvalue weighted by Crippen LogP contribution is -2.46. The molecule has 2 unspecified atom stereocenters. The van der Waals surface area contributed by atoms with Crippen LogP contribution in [0, 0.1) is 5.82 Å². The normalized spacial score (nSPS) is 21.2. The van der Waals surface area contributed by atoms with Crippen LogP contribution in [0.4, 0.5) is 10.1 Å². The molecule has 0 saturated carbocycles. The number of rotatable bonds is 4. The molecular formula is C14H21ClFN3O3S. The summed E-state index contributed by atoms with van der Waals surface area (Å²) in [5.74, 6) is -1.08. The monoisotopic (exact) mass is 365 g/mol. The Kier molecular flexibility index (Phi) is 6.79. The van der Waals surface area contributed by atoms with Crippen LogP contribution in [-0.2, 0) is 10.0 Å². The molecule has 9 heteroatoms. The molecule has 2 rings (SSSR count). The van der Waals surface area contributed by atoms with Crippen LogP contribution in [0.3, 0.4) is 0 Å². The fourth-order valence-corrected chi connectivity index (χ4v) is 3.10. The van der Waals surface area contributed by atoms with Crippen molar-refractivity contribution in [2.24, 2.45) is 0 Å². The molecule has 1 heterocycles. The zero-order valence-electron chi connectivity index (χ0n) is 12.9. The number of anilines is 1. The molecule has 0 spiro atoms. The Bertz CT molecular complexity index is 669. The number of hydrogen-bond acceptors (Lipinski definition) is 4. The standard InChI is InChI=1S/C14H20FN3O3S.ClH/c1-9-7-11(5-6-16-9)17-14(19)12-8-10(15)3-4-13(12)18-22(2,20)21;/h3-4,8-9,11,16,18H,5-7H2,1-2H3,(H,17,19);1H. The first-order valence-corrected chi connectivity index (χ1v) is 8.95. The summed E-state index contributed by atoms with van der Waals surface area (Å²) in [5, 5.41) is 6.11. The molecule has 130 valence electrons. The predicted octanol–water partition coefficient (Wildman–Crippen LogP) is 1.49. The molecule has 0 radical (unpaired) electrons. The Balaban J connectivity index is 0.00000264. The van der Waals surface area contributed by atoms with Crippen molar-refractivity contribution in [3.05, 3.63) is 29.6 Å². The van der Waals surface area contributed by atoms with E-state index in [4.69, 9.17) is 0 Å². The molecule has 1 aromatic carbocycles. The molecule has 0 bridgehead atoms. The third kappa shape index (κ3) is 5.96. The van der Waals surface area contributed by atoms with Crippen molar-refractivity contribution in [3.8, 4) is 0 Å². The smallest absolute Gasteiger partial charge is 0.253 e. The average molecular weight is 366 g/mol. The number of benzene rings is 1. The van der Waals surface area contributed by atoms with E-state index in [1.165, 1.54) is 6.07 Å². The number of nitrogens with one attached hydrogen (secondary N) is 3. The molecule has 0 aromatic heterocycles. The molecule has 0 aliphatic carbocycles. The summed E-state index contributed by atoms with van der Waals surface area (Å²) in [7, 11) is -3.55. The molecular weight excluding hydrogens is 345 g/mol. The fraction of sp³-hybridized carbons (Fsp3) is 0.500. The number of amides is 1. The van der Waals surface area contributed by atoms with Crippen molar-refractivity contribution >= 4 is 34.0 Å². The largest absolute Gasteiger partial charge is 0.349 e. The molecule has 1 fully saturated rings. The van der Waals surface area contributed by atoms with Gasteiger partial charge < -0.3 is 10.6 Å². The topological polar surface area (TPSA) is 87.3 Å². The van der Waals surface area contributed by atoms with Gasteiger partial charge in [-0.15, -0.1) is 12.4 Å². The first kappa shape index (κ1) is 19.7. The molecule has 2 atom stereocenters. The summed E-state index contributed by atoms with van der Waals surface area (Å²) < 4.78 is 38.3. The number of sulfonamides is 1. The van der Waals surface area contributed by atoms with Crippen LogP contribution in [-0.4, -0.2) is 39.2 Å².